The van der Waals surface area contributed by atoms with E-state index in [9.17, 15) is 0 Å². The van der Waals surface area contributed by atoms with Crippen molar-refractivity contribution in [1.82, 2.24) is 9.97 Å². The molecule has 0 fully saturated rings. The second-order valence-corrected chi connectivity index (χ2v) is 16.1. The molecule has 0 amide bonds. The maximum absolute atomic E-state index is 6.38. The molecule has 11 aromatic rings. The molecule has 0 saturated carbocycles. The zero-order chi connectivity index (χ0) is 41.0. The van der Waals surface area contributed by atoms with Gasteiger partial charge in [0.1, 0.15) is 11.2 Å². The quantitative estimate of drug-likeness (QED) is 0.161. The van der Waals surface area contributed by atoms with Crippen LogP contribution in [0.25, 0.3) is 89.2 Å². The molecule has 2 heterocycles. The van der Waals surface area contributed by atoms with Crippen molar-refractivity contribution < 1.29 is 4.42 Å². The van der Waals surface area contributed by atoms with Crippen LogP contribution in [0, 0.1) is 0 Å². The molecule has 0 aliphatic heterocycles. The average Bonchev–Trinajstić information content (AvgIpc) is 3.89. The molecular weight excluding hydrogens is 753 g/mol. The Kier molecular flexibility index (Phi) is 8.39. The lowest BCUT2D eigenvalue weighted by atomic mass is 9.67. The van der Waals surface area contributed by atoms with Crippen molar-refractivity contribution in [3.63, 3.8) is 0 Å². The van der Waals surface area contributed by atoms with Crippen LogP contribution in [0.5, 0.6) is 0 Å². The number of nitrogens with zero attached hydrogens (tertiary/aromatic N) is 2. The van der Waals surface area contributed by atoms with Crippen molar-refractivity contribution in [2.24, 2.45) is 0 Å². The van der Waals surface area contributed by atoms with Crippen LogP contribution in [0.1, 0.15) is 22.3 Å². The fraction of sp³-hybridized carbons (Fsp3) is 0.0169. The first-order valence-corrected chi connectivity index (χ1v) is 21.1. The van der Waals surface area contributed by atoms with E-state index in [1.807, 2.05) is 30.3 Å². The predicted molar refractivity (Wildman–Crippen MR) is 254 cm³/mol. The Morgan fingerprint density at radius 3 is 1.58 bits per heavy atom. The van der Waals surface area contributed by atoms with Crippen molar-refractivity contribution in [2.45, 2.75) is 5.41 Å². The van der Waals surface area contributed by atoms with Crippen molar-refractivity contribution >= 4 is 21.9 Å². The summed E-state index contributed by atoms with van der Waals surface area (Å²) in [6.45, 7) is 0. The number of furan rings is 1. The smallest absolute Gasteiger partial charge is 0.160 e. The Balaban J connectivity index is 0.926. The van der Waals surface area contributed by atoms with Gasteiger partial charge in [-0.1, -0.05) is 212 Å². The van der Waals surface area contributed by atoms with Crippen LogP contribution < -0.4 is 0 Å². The summed E-state index contributed by atoms with van der Waals surface area (Å²) in [5.74, 6) is 0.687. The largest absolute Gasteiger partial charge is 0.455 e. The topological polar surface area (TPSA) is 38.9 Å². The lowest BCUT2D eigenvalue weighted by Crippen LogP contribution is -2.28. The highest BCUT2D eigenvalue weighted by molar-refractivity contribution is 6.09. The van der Waals surface area contributed by atoms with Gasteiger partial charge in [0.25, 0.3) is 0 Å². The molecule has 0 atom stereocenters. The van der Waals surface area contributed by atoms with E-state index in [4.69, 9.17) is 14.4 Å². The van der Waals surface area contributed by atoms with Gasteiger partial charge in [-0.2, -0.15) is 0 Å². The molecule has 9 aromatic carbocycles. The Bertz CT molecular complexity index is 3400. The number of aromatic nitrogens is 2. The molecule has 2 aromatic heterocycles. The Hall–Kier alpha value is -8.14. The van der Waals surface area contributed by atoms with Gasteiger partial charge in [0.05, 0.1) is 16.8 Å². The monoisotopic (exact) mass is 790 g/mol. The van der Waals surface area contributed by atoms with Gasteiger partial charge in [-0.15, -0.1) is 0 Å². The minimum atomic E-state index is -0.432. The summed E-state index contributed by atoms with van der Waals surface area (Å²) in [6.07, 6.45) is 0. The van der Waals surface area contributed by atoms with E-state index in [0.29, 0.717) is 5.82 Å². The van der Waals surface area contributed by atoms with Crippen LogP contribution in [-0.4, -0.2) is 9.97 Å². The van der Waals surface area contributed by atoms with Crippen LogP contribution >= 0.6 is 0 Å². The Morgan fingerprint density at radius 2 is 0.839 bits per heavy atom. The van der Waals surface area contributed by atoms with Gasteiger partial charge in [0, 0.05) is 33.0 Å². The minimum absolute atomic E-state index is 0.432. The van der Waals surface area contributed by atoms with Crippen LogP contribution in [0.15, 0.2) is 235 Å². The lowest BCUT2D eigenvalue weighted by Gasteiger charge is -2.34. The summed E-state index contributed by atoms with van der Waals surface area (Å²) >= 11 is 0. The Morgan fingerprint density at radius 1 is 0.323 bits per heavy atom. The van der Waals surface area contributed by atoms with Gasteiger partial charge in [0.2, 0.25) is 0 Å². The van der Waals surface area contributed by atoms with Gasteiger partial charge in [0.15, 0.2) is 5.82 Å². The zero-order valence-electron chi connectivity index (χ0n) is 33.7. The van der Waals surface area contributed by atoms with E-state index in [0.717, 1.165) is 72.3 Å². The van der Waals surface area contributed by atoms with E-state index in [-0.39, 0.29) is 0 Å². The number of hydrogen-bond donors (Lipinski definition) is 0. The maximum Gasteiger partial charge on any atom is 0.160 e. The lowest BCUT2D eigenvalue weighted by molar-refractivity contribution is 0.670. The molecule has 0 saturated heterocycles. The second kappa shape index (κ2) is 14.5. The summed E-state index contributed by atoms with van der Waals surface area (Å²) in [6, 6.07) is 82.2. The molecule has 0 unspecified atom stereocenters. The molecule has 0 spiro atoms. The van der Waals surface area contributed by atoms with Crippen molar-refractivity contribution in [3.8, 4) is 67.3 Å². The van der Waals surface area contributed by atoms with Gasteiger partial charge in [-0.05, 0) is 68.3 Å². The highest BCUT2D eigenvalue weighted by Crippen LogP contribution is 2.56. The molecule has 62 heavy (non-hydrogen) atoms. The first-order valence-electron chi connectivity index (χ1n) is 21.1. The van der Waals surface area contributed by atoms with E-state index in [2.05, 4.69) is 200 Å². The standard InChI is InChI=1S/C59H38N2O/c1-3-15-42(16-4-1)58-60-54(41-31-29-40(30-32-41)47-24-14-25-51-50-23-9-12-28-56(50)62-57(47)51)38-55(61-58)44-18-13-17-43(37-44)39-33-35-46(36-34-39)59(45-19-5-2-6-20-45)52-26-10-7-21-48(52)49-22-8-11-27-53(49)59/h1-38H. The summed E-state index contributed by atoms with van der Waals surface area (Å²) in [5.41, 5.74) is 18.2. The molecule has 290 valence electrons. The third-order valence-electron chi connectivity index (χ3n) is 12.6. The highest BCUT2D eigenvalue weighted by atomic mass is 16.3. The van der Waals surface area contributed by atoms with E-state index >= 15 is 0 Å². The molecule has 0 N–H and O–H groups in total. The molecule has 0 bridgehead atoms. The molecule has 3 heteroatoms. The number of fused-ring (bicyclic) bond motifs is 6. The van der Waals surface area contributed by atoms with Crippen molar-refractivity contribution in [3.05, 3.63) is 253 Å². The first kappa shape index (κ1) is 35.8. The van der Waals surface area contributed by atoms with Gasteiger partial charge < -0.3 is 4.42 Å². The number of benzene rings is 9. The van der Waals surface area contributed by atoms with Crippen LogP contribution in [0.3, 0.4) is 0 Å². The summed E-state index contributed by atoms with van der Waals surface area (Å²) in [7, 11) is 0. The number of para-hydroxylation sites is 2. The summed E-state index contributed by atoms with van der Waals surface area (Å²) < 4.78 is 6.38. The third kappa shape index (κ3) is 5.74. The predicted octanol–water partition coefficient (Wildman–Crippen LogP) is 15.1. The molecule has 12 rings (SSSR count). The van der Waals surface area contributed by atoms with Gasteiger partial charge in [-0.3, -0.25) is 0 Å². The van der Waals surface area contributed by atoms with Crippen molar-refractivity contribution in [2.75, 3.05) is 0 Å². The molecule has 1 aliphatic rings. The zero-order valence-corrected chi connectivity index (χ0v) is 33.7. The fourth-order valence-electron chi connectivity index (χ4n) is 9.74. The Labute approximate surface area is 360 Å². The van der Waals surface area contributed by atoms with Crippen LogP contribution in [-0.2, 0) is 5.41 Å². The number of hydrogen-bond acceptors (Lipinski definition) is 3. The van der Waals surface area contributed by atoms with E-state index in [1.165, 1.54) is 33.4 Å². The van der Waals surface area contributed by atoms with Crippen LogP contribution in [0.2, 0.25) is 0 Å². The SMILES string of the molecule is c1ccc(-c2nc(-c3ccc(-c4cccc5c4oc4ccccc45)cc3)cc(-c3cccc(-c4ccc(C5(c6ccccc6)c6ccccc6-c6ccccc65)cc4)c3)n2)cc1. The molecule has 3 nitrogen and oxygen atoms in total. The first-order chi connectivity index (χ1) is 30.7. The minimum Gasteiger partial charge on any atom is -0.455 e. The third-order valence-corrected chi connectivity index (χ3v) is 12.6. The highest BCUT2D eigenvalue weighted by Gasteiger charge is 2.45. The maximum atomic E-state index is 6.38. The second-order valence-electron chi connectivity index (χ2n) is 16.1. The number of rotatable bonds is 7. The van der Waals surface area contributed by atoms with E-state index < -0.39 is 5.41 Å². The van der Waals surface area contributed by atoms with Crippen molar-refractivity contribution in [1.29, 1.82) is 0 Å². The van der Waals surface area contributed by atoms with Crippen LogP contribution in [0.4, 0.5) is 0 Å². The van der Waals surface area contributed by atoms with E-state index in [1.54, 1.807) is 0 Å². The molecular formula is C59H38N2O. The van der Waals surface area contributed by atoms with Gasteiger partial charge >= 0.3 is 0 Å². The normalized spacial score (nSPS) is 12.6. The summed E-state index contributed by atoms with van der Waals surface area (Å²) in [5, 5.41) is 2.25. The van der Waals surface area contributed by atoms with Gasteiger partial charge in [-0.25, -0.2) is 9.97 Å². The molecule has 0 radical (unpaired) electrons. The fourth-order valence-corrected chi connectivity index (χ4v) is 9.74. The summed E-state index contributed by atoms with van der Waals surface area (Å²) in [4.78, 5) is 10.3. The molecule has 1 aliphatic carbocycles. The average molecular weight is 791 g/mol.